The molecule has 1 amide bonds. The second kappa shape index (κ2) is 9.85. The molecule has 0 radical (unpaired) electrons. The highest BCUT2D eigenvalue weighted by Gasteiger charge is 2.21. The Morgan fingerprint density at radius 2 is 2.03 bits per heavy atom. The average molecular weight is 486 g/mol. The molecule has 9 heteroatoms. The second-order valence-electron chi connectivity index (χ2n) is 6.98. The summed E-state index contributed by atoms with van der Waals surface area (Å²) in [6.45, 7) is 2.00. The Labute approximate surface area is 198 Å². The molecule has 0 spiro atoms. The van der Waals surface area contributed by atoms with Crippen molar-refractivity contribution in [2.24, 2.45) is 0 Å². The van der Waals surface area contributed by atoms with Crippen molar-refractivity contribution in [2.75, 3.05) is 11.6 Å². The number of anilines is 1. The molecule has 0 aliphatic carbocycles. The first kappa shape index (κ1) is 22.5. The Kier molecular flexibility index (Phi) is 6.93. The fraction of sp³-hybridized carbons (Fsp3) is 0.174. The number of benzene rings is 2. The third-order valence-electron chi connectivity index (χ3n) is 4.79. The minimum atomic E-state index is -0.503. The maximum Gasteiger partial charge on any atom is 0.262 e. The molecular weight excluding hydrogens is 466 g/mol. The van der Waals surface area contributed by atoms with Gasteiger partial charge in [0.15, 0.2) is 5.16 Å². The van der Waals surface area contributed by atoms with Crippen molar-refractivity contribution >= 4 is 57.6 Å². The van der Waals surface area contributed by atoms with Crippen molar-refractivity contribution in [2.45, 2.75) is 28.8 Å². The van der Waals surface area contributed by atoms with Gasteiger partial charge in [-0.1, -0.05) is 35.5 Å². The number of carbonyl (C=O) groups excluding carboxylic acids is 1. The van der Waals surface area contributed by atoms with Gasteiger partial charge in [-0.3, -0.25) is 14.2 Å². The van der Waals surface area contributed by atoms with E-state index in [0.29, 0.717) is 26.8 Å². The third kappa shape index (κ3) is 4.87. The molecule has 2 heterocycles. The van der Waals surface area contributed by atoms with Crippen LogP contribution in [0.5, 0.6) is 0 Å². The minimum absolute atomic E-state index is 0.179. The van der Waals surface area contributed by atoms with Gasteiger partial charge in [0.1, 0.15) is 5.76 Å². The van der Waals surface area contributed by atoms with E-state index in [4.69, 9.17) is 16.0 Å². The number of amides is 1. The van der Waals surface area contributed by atoms with Crippen LogP contribution in [0.1, 0.15) is 12.7 Å². The topological polar surface area (TPSA) is 77.1 Å². The van der Waals surface area contributed by atoms with Gasteiger partial charge >= 0.3 is 0 Å². The number of aromatic nitrogens is 2. The zero-order valence-electron chi connectivity index (χ0n) is 17.4. The van der Waals surface area contributed by atoms with Crippen molar-refractivity contribution < 1.29 is 9.21 Å². The molecule has 6 nitrogen and oxygen atoms in total. The Balaban J connectivity index is 1.67. The van der Waals surface area contributed by atoms with Gasteiger partial charge in [-0.05, 0) is 55.6 Å². The molecule has 1 atom stereocenters. The molecule has 0 bridgehead atoms. The lowest BCUT2D eigenvalue weighted by Gasteiger charge is -2.17. The van der Waals surface area contributed by atoms with Crippen LogP contribution in [-0.4, -0.2) is 27.0 Å². The monoisotopic (exact) mass is 485 g/mol. The summed E-state index contributed by atoms with van der Waals surface area (Å²) < 4.78 is 6.96. The normalized spacial score (nSPS) is 12.1. The molecule has 4 rings (SSSR count). The quantitative estimate of drug-likeness (QED) is 0.274. The van der Waals surface area contributed by atoms with Crippen LogP contribution >= 0.6 is 35.1 Å². The molecule has 2 aromatic heterocycles. The average Bonchev–Trinajstić information content (AvgIpc) is 3.29. The predicted molar refractivity (Wildman–Crippen MR) is 131 cm³/mol. The first-order chi connectivity index (χ1) is 15.5. The van der Waals surface area contributed by atoms with Crippen LogP contribution in [0.2, 0.25) is 5.02 Å². The number of thioether (sulfide) groups is 2. The standard InChI is InChI=1S/C23H20ClN3O3S2/c1-14(21(28)25-18-7-3-4-8-20(18)31-2)32-23-26-19-12-15(24)9-10-17(19)22(29)27(23)13-16-6-5-11-30-16/h3-12,14H,13H2,1-2H3,(H,25,28). The van der Waals surface area contributed by atoms with Crippen LogP contribution in [0.15, 0.2) is 80.1 Å². The first-order valence-corrected chi connectivity index (χ1v) is 12.3. The molecule has 0 aliphatic heterocycles. The summed E-state index contributed by atoms with van der Waals surface area (Å²) in [6, 6.07) is 16.2. The molecule has 2 aromatic carbocycles. The maximum absolute atomic E-state index is 13.2. The van der Waals surface area contributed by atoms with E-state index in [0.717, 1.165) is 10.6 Å². The van der Waals surface area contributed by atoms with Crippen LogP contribution in [0.4, 0.5) is 5.69 Å². The number of para-hydroxylation sites is 1. The summed E-state index contributed by atoms with van der Waals surface area (Å²) in [4.78, 5) is 31.8. The van der Waals surface area contributed by atoms with Gasteiger partial charge in [0, 0.05) is 9.92 Å². The van der Waals surface area contributed by atoms with Gasteiger partial charge in [-0.25, -0.2) is 4.98 Å². The molecule has 0 saturated heterocycles. The maximum atomic E-state index is 13.2. The van der Waals surface area contributed by atoms with E-state index in [1.165, 1.54) is 16.3 Å². The molecule has 164 valence electrons. The molecule has 1 N–H and O–H groups in total. The minimum Gasteiger partial charge on any atom is -0.467 e. The molecule has 1 unspecified atom stereocenters. The Morgan fingerprint density at radius 3 is 2.78 bits per heavy atom. The molecule has 32 heavy (non-hydrogen) atoms. The number of hydrogen-bond donors (Lipinski definition) is 1. The summed E-state index contributed by atoms with van der Waals surface area (Å²) in [5.74, 6) is 0.441. The fourth-order valence-electron chi connectivity index (χ4n) is 3.16. The number of nitrogens with one attached hydrogen (secondary N) is 1. The van der Waals surface area contributed by atoms with Gasteiger partial charge in [-0.15, -0.1) is 11.8 Å². The van der Waals surface area contributed by atoms with Crippen molar-refractivity contribution in [3.05, 3.63) is 82.0 Å². The number of nitrogens with zero attached hydrogens (tertiary/aromatic N) is 2. The van der Waals surface area contributed by atoms with E-state index in [9.17, 15) is 9.59 Å². The highest BCUT2D eigenvalue weighted by molar-refractivity contribution is 8.00. The molecule has 0 aliphatic rings. The van der Waals surface area contributed by atoms with E-state index < -0.39 is 5.25 Å². The smallest absolute Gasteiger partial charge is 0.262 e. The number of hydrogen-bond acceptors (Lipinski definition) is 6. The highest BCUT2D eigenvalue weighted by Crippen LogP contribution is 2.28. The van der Waals surface area contributed by atoms with Crippen molar-refractivity contribution in [1.29, 1.82) is 0 Å². The second-order valence-corrected chi connectivity index (χ2v) is 9.57. The number of fused-ring (bicyclic) bond motifs is 1. The van der Waals surface area contributed by atoms with Gasteiger partial charge in [0.05, 0.1) is 34.6 Å². The zero-order chi connectivity index (χ0) is 22.7. The molecule has 0 saturated carbocycles. The largest absolute Gasteiger partial charge is 0.467 e. The predicted octanol–water partition coefficient (Wildman–Crippen LogP) is 5.53. The summed E-state index contributed by atoms with van der Waals surface area (Å²) in [5, 5.41) is 3.83. The molecule has 0 fully saturated rings. The van der Waals surface area contributed by atoms with E-state index in [1.54, 1.807) is 55.3 Å². The van der Waals surface area contributed by atoms with E-state index in [1.807, 2.05) is 30.5 Å². The molecule has 4 aromatic rings. The van der Waals surface area contributed by atoms with E-state index >= 15 is 0 Å². The highest BCUT2D eigenvalue weighted by atomic mass is 35.5. The Morgan fingerprint density at radius 1 is 1.22 bits per heavy atom. The lowest BCUT2D eigenvalue weighted by molar-refractivity contribution is -0.115. The van der Waals surface area contributed by atoms with Crippen LogP contribution in [-0.2, 0) is 11.3 Å². The van der Waals surface area contributed by atoms with Crippen LogP contribution < -0.4 is 10.9 Å². The van der Waals surface area contributed by atoms with Crippen molar-refractivity contribution in [3.63, 3.8) is 0 Å². The summed E-state index contributed by atoms with van der Waals surface area (Å²) >= 11 is 8.89. The van der Waals surface area contributed by atoms with E-state index in [2.05, 4.69) is 10.3 Å². The zero-order valence-corrected chi connectivity index (χ0v) is 19.8. The summed E-state index contributed by atoms with van der Waals surface area (Å²) in [7, 11) is 0. The van der Waals surface area contributed by atoms with Crippen molar-refractivity contribution in [3.8, 4) is 0 Å². The lowest BCUT2D eigenvalue weighted by Crippen LogP contribution is -2.27. The van der Waals surface area contributed by atoms with Crippen LogP contribution in [0, 0.1) is 0 Å². The van der Waals surface area contributed by atoms with E-state index in [-0.39, 0.29) is 18.0 Å². The van der Waals surface area contributed by atoms with Crippen LogP contribution in [0.3, 0.4) is 0 Å². The summed E-state index contributed by atoms with van der Waals surface area (Å²) in [5.41, 5.74) is 1.02. The third-order valence-corrected chi connectivity index (χ3v) is 6.91. The lowest BCUT2D eigenvalue weighted by atomic mass is 10.2. The van der Waals surface area contributed by atoms with Gasteiger partial charge in [0.25, 0.3) is 5.56 Å². The van der Waals surface area contributed by atoms with Crippen molar-refractivity contribution in [1.82, 2.24) is 9.55 Å². The molecular formula is C23H20ClN3O3S2. The number of rotatable bonds is 7. The number of halogens is 1. The first-order valence-electron chi connectivity index (χ1n) is 9.79. The number of carbonyl (C=O) groups is 1. The van der Waals surface area contributed by atoms with Gasteiger partial charge in [-0.2, -0.15) is 0 Å². The Hall–Kier alpha value is -2.68. The Bertz CT molecular complexity index is 1320. The summed E-state index contributed by atoms with van der Waals surface area (Å²) in [6.07, 6.45) is 3.52. The van der Waals surface area contributed by atoms with Gasteiger partial charge < -0.3 is 9.73 Å². The van der Waals surface area contributed by atoms with Gasteiger partial charge in [0.2, 0.25) is 5.91 Å². The number of furan rings is 1. The fourth-order valence-corrected chi connectivity index (χ4v) is 4.78. The van der Waals surface area contributed by atoms with Crippen LogP contribution in [0.25, 0.3) is 10.9 Å². The SMILES string of the molecule is CSc1ccccc1NC(=O)C(C)Sc1nc2cc(Cl)ccc2c(=O)n1Cc1ccco1.